The molecule has 0 amide bonds. The summed E-state index contributed by atoms with van der Waals surface area (Å²) in [5.41, 5.74) is 0.390. The van der Waals surface area contributed by atoms with Gasteiger partial charge in [0.05, 0.1) is 39.2 Å². The number of unbranched alkanes of at least 4 members (excludes halogenated alkanes) is 8. The number of aliphatic hydroxyl groups excluding tert-OH is 6. The average molecular weight is 954 g/mol. The Hall–Kier alpha value is -2.85. The lowest BCUT2D eigenvalue weighted by molar-refractivity contribution is -0.375. The Balaban J connectivity index is 1.35. The molecule has 10 atom stereocenters. The Labute approximate surface area is 397 Å². The number of benzene rings is 1. The van der Waals surface area contributed by atoms with Gasteiger partial charge >= 0.3 is 5.97 Å². The zero-order chi connectivity index (χ0) is 49.5. The second kappa shape index (κ2) is 26.4. The normalized spacial score (nSPS) is 26.3. The number of carbonyl (C=O) groups excluding carboxylic acids is 1. The second-order valence-corrected chi connectivity index (χ2v) is 20.9. The largest absolute Gasteiger partial charge is 0.507 e. The molecular formula is C49H83N3O15. The summed E-state index contributed by atoms with van der Waals surface area (Å²) >= 11 is 0. The third-order valence-electron chi connectivity index (χ3n) is 12.3. The summed E-state index contributed by atoms with van der Waals surface area (Å²) in [7, 11) is 0. The molecule has 6 unspecified atom stereocenters. The van der Waals surface area contributed by atoms with E-state index >= 15 is 0 Å². The molecule has 7 N–H and O–H groups in total. The molecule has 0 saturated carbocycles. The van der Waals surface area contributed by atoms with E-state index in [-0.39, 0.29) is 29.9 Å². The lowest BCUT2D eigenvalue weighted by Gasteiger charge is -2.44. The van der Waals surface area contributed by atoms with Gasteiger partial charge in [-0.25, -0.2) is 9.48 Å². The van der Waals surface area contributed by atoms with Gasteiger partial charge in [0.1, 0.15) is 72.4 Å². The molecule has 2 saturated heterocycles. The summed E-state index contributed by atoms with van der Waals surface area (Å²) in [6.07, 6.45) is -3.82. The summed E-state index contributed by atoms with van der Waals surface area (Å²) < 4.78 is 42.6. The van der Waals surface area contributed by atoms with Crippen molar-refractivity contribution < 1.29 is 73.7 Å². The number of hydrogen-bond donors (Lipinski definition) is 7. The van der Waals surface area contributed by atoms with Crippen molar-refractivity contribution in [3.8, 4) is 5.75 Å². The van der Waals surface area contributed by atoms with Crippen molar-refractivity contribution in [3.05, 3.63) is 40.7 Å². The van der Waals surface area contributed by atoms with E-state index in [1.165, 1.54) is 43.2 Å². The topological polar surface area (TPSA) is 254 Å². The van der Waals surface area contributed by atoms with Gasteiger partial charge in [0.15, 0.2) is 12.6 Å². The first-order valence-electron chi connectivity index (χ1n) is 24.3. The van der Waals surface area contributed by atoms with Crippen molar-refractivity contribution in [2.24, 2.45) is 5.41 Å². The van der Waals surface area contributed by atoms with Gasteiger partial charge in [-0.2, -0.15) is 0 Å². The van der Waals surface area contributed by atoms with Crippen LogP contribution in [0.5, 0.6) is 5.75 Å². The van der Waals surface area contributed by atoms with Crippen molar-refractivity contribution >= 4 is 5.97 Å². The maximum absolute atomic E-state index is 13.5. The van der Waals surface area contributed by atoms with Crippen LogP contribution in [0.4, 0.5) is 0 Å². The highest BCUT2D eigenvalue weighted by molar-refractivity contribution is 5.93. The van der Waals surface area contributed by atoms with E-state index < -0.39 is 84.8 Å². The first-order valence-corrected chi connectivity index (χ1v) is 24.3. The van der Waals surface area contributed by atoms with Crippen molar-refractivity contribution in [2.75, 3.05) is 39.6 Å². The molecule has 2 fully saturated rings. The van der Waals surface area contributed by atoms with E-state index in [9.17, 15) is 40.5 Å². The number of aliphatic hydroxyl groups is 6. The van der Waals surface area contributed by atoms with Gasteiger partial charge in [0, 0.05) is 24.2 Å². The van der Waals surface area contributed by atoms with E-state index in [4.69, 9.17) is 33.2 Å². The van der Waals surface area contributed by atoms with Gasteiger partial charge in [0.25, 0.3) is 0 Å². The fourth-order valence-corrected chi connectivity index (χ4v) is 7.97. The SMILES string of the molecule is CCCCCCCOCC(C)(COCCCCCCC)COCc1cn(CC2O[C@H](O[C@@H]3OC(COC(=O)c4cc(C(C)(C)C)cc(C(C)(C)C)c4O)[C@@H](O)C(O)C3O)C(O)C(O)[C@@H]2O)nn1. The fraction of sp³-hybridized carbons (Fsp3) is 0.816. The number of rotatable bonds is 27. The molecule has 0 radical (unpaired) electrons. The van der Waals surface area contributed by atoms with Gasteiger partial charge in [-0.1, -0.05) is 125 Å². The zero-order valence-electron chi connectivity index (χ0n) is 41.5. The van der Waals surface area contributed by atoms with Gasteiger partial charge in [-0.15, -0.1) is 5.10 Å². The van der Waals surface area contributed by atoms with Gasteiger partial charge in [-0.3, -0.25) is 0 Å². The molecule has 0 bridgehead atoms. The molecule has 2 aliphatic heterocycles. The van der Waals surface area contributed by atoms with Crippen LogP contribution in [-0.2, 0) is 57.1 Å². The predicted molar refractivity (Wildman–Crippen MR) is 247 cm³/mol. The van der Waals surface area contributed by atoms with Crippen LogP contribution in [-0.4, -0.2) is 158 Å². The van der Waals surface area contributed by atoms with E-state index in [2.05, 4.69) is 31.1 Å². The Bertz CT molecular complexity index is 1750. The number of phenols is 1. The first-order chi connectivity index (χ1) is 31.6. The van der Waals surface area contributed by atoms with Gasteiger partial charge in [0.2, 0.25) is 0 Å². The lowest BCUT2D eigenvalue weighted by atomic mass is 9.79. The van der Waals surface area contributed by atoms with Crippen LogP contribution in [0.3, 0.4) is 0 Å². The molecule has 0 aliphatic carbocycles. The number of ether oxygens (including phenoxy) is 7. The summed E-state index contributed by atoms with van der Waals surface area (Å²) in [4.78, 5) is 13.5. The average Bonchev–Trinajstić information content (AvgIpc) is 3.72. The standard InChI is InChI=1S/C49H83N3O15/c1-10-12-14-16-18-20-61-28-49(9,29-62-21-19-17-15-13-11-2)30-63-26-32-24-52(51-50-32)25-35-38(54)40(56)42(58)45(65-35)67-46-43(59)41(57)39(55)36(66-46)27-64-44(60)33-22-31(47(3,4)5)23-34(37(33)53)48(6,7)8/h22-24,35-36,38-43,45-46,53-59H,10-21,25-30H2,1-9H3/t35?,36?,38-,39-,40?,41?,42?,43?,45-,46+/m1/s1. The maximum Gasteiger partial charge on any atom is 0.342 e. The van der Waals surface area contributed by atoms with E-state index in [1.54, 1.807) is 12.3 Å². The second-order valence-electron chi connectivity index (χ2n) is 20.9. The van der Waals surface area contributed by atoms with Crippen LogP contribution >= 0.6 is 0 Å². The summed E-state index contributed by atoms with van der Waals surface area (Å²) in [6.45, 7) is 20.1. The molecule has 67 heavy (non-hydrogen) atoms. The first kappa shape index (κ1) is 56.7. The molecule has 18 nitrogen and oxygen atoms in total. The van der Waals surface area contributed by atoms with Gasteiger partial charge < -0.3 is 68.9 Å². The third kappa shape index (κ3) is 16.9. The molecule has 1 aromatic heterocycles. The molecular weight excluding hydrogens is 871 g/mol. The highest BCUT2D eigenvalue weighted by Crippen LogP contribution is 2.38. The molecule has 1 aromatic carbocycles. The minimum Gasteiger partial charge on any atom is -0.507 e. The molecule has 2 aliphatic rings. The van der Waals surface area contributed by atoms with Crippen LogP contribution in [0.25, 0.3) is 0 Å². The molecule has 2 aromatic rings. The van der Waals surface area contributed by atoms with Crippen LogP contribution in [0.15, 0.2) is 18.3 Å². The highest BCUT2D eigenvalue weighted by atomic mass is 16.8. The molecule has 3 heterocycles. The van der Waals surface area contributed by atoms with Crippen LogP contribution in [0.2, 0.25) is 0 Å². The van der Waals surface area contributed by atoms with Crippen LogP contribution < -0.4 is 0 Å². The van der Waals surface area contributed by atoms with Crippen molar-refractivity contribution in [3.63, 3.8) is 0 Å². The predicted octanol–water partition coefficient (Wildman–Crippen LogP) is 4.56. The number of phenolic OH excluding ortho intramolecular Hbond substituents is 1. The smallest absolute Gasteiger partial charge is 0.342 e. The summed E-state index contributed by atoms with van der Waals surface area (Å²) in [6, 6.07) is 3.39. The van der Waals surface area contributed by atoms with Crippen LogP contribution in [0, 0.1) is 5.41 Å². The monoisotopic (exact) mass is 954 g/mol. The zero-order valence-corrected chi connectivity index (χ0v) is 41.5. The number of aromatic nitrogens is 3. The van der Waals surface area contributed by atoms with Gasteiger partial charge in [-0.05, 0) is 35.3 Å². The summed E-state index contributed by atoms with van der Waals surface area (Å²) in [5.74, 6) is -1.18. The number of esters is 1. The Morgan fingerprint density at radius 1 is 0.672 bits per heavy atom. The van der Waals surface area contributed by atoms with E-state index in [0.29, 0.717) is 44.3 Å². The molecule has 0 spiro atoms. The van der Waals surface area contributed by atoms with Crippen molar-refractivity contribution in [2.45, 2.75) is 212 Å². The van der Waals surface area contributed by atoms with E-state index in [1.807, 2.05) is 47.6 Å². The van der Waals surface area contributed by atoms with Crippen LogP contribution in [0.1, 0.15) is 154 Å². The Kier molecular flexibility index (Phi) is 22.3. The maximum atomic E-state index is 13.5. The fourth-order valence-electron chi connectivity index (χ4n) is 7.97. The minimum absolute atomic E-state index is 0.100. The number of hydrogen-bond acceptors (Lipinski definition) is 17. The minimum atomic E-state index is -1.88. The number of nitrogens with zero attached hydrogens (tertiary/aromatic N) is 3. The van der Waals surface area contributed by atoms with Crippen molar-refractivity contribution in [1.82, 2.24) is 15.0 Å². The quantitative estimate of drug-likeness (QED) is 0.0479. The molecule has 18 heteroatoms. The molecule has 4 rings (SSSR count). The Morgan fingerprint density at radius 2 is 1.19 bits per heavy atom. The number of carbonyl (C=O) groups is 1. The lowest BCUT2D eigenvalue weighted by Crippen LogP contribution is -2.63. The summed E-state index contributed by atoms with van der Waals surface area (Å²) in [5, 5.41) is 84.7. The Morgan fingerprint density at radius 3 is 1.73 bits per heavy atom. The van der Waals surface area contributed by atoms with Crippen molar-refractivity contribution in [1.29, 1.82) is 0 Å². The molecule has 384 valence electrons. The van der Waals surface area contributed by atoms with E-state index in [0.717, 1.165) is 31.2 Å². The third-order valence-corrected chi connectivity index (χ3v) is 12.3. The highest BCUT2D eigenvalue weighted by Gasteiger charge is 2.50. The number of aromatic hydroxyl groups is 1.